The van der Waals surface area contributed by atoms with Crippen molar-refractivity contribution in [3.63, 3.8) is 0 Å². The van der Waals surface area contributed by atoms with Crippen molar-refractivity contribution in [1.29, 1.82) is 0 Å². The van der Waals surface area contributed by atoms with E-state index in [0.717, 1.165) is 22.3 Å². The summed E-state index contributed by atoms with van der Waals surface area (Å²) in [6, 6.07) is 9.98. The van der Waals surface area contributed by atoms with Gasteiger partial charge in [0.15, 0.2) is 5.82 Å². The number of rotatable bonds is 7. The van der Waals surface area contributed by atoms with Crippen molar-refractivity contribution in [1.82, 2.24) is 14.9 Å². The first-order chi connectivity index (χ1) is 13.0. The lowest BCUT2D eigenvalue weighted by molar-refractivity contribution is 0.303. The van der Waals surface area contributed by atoms with E-state index >= 15 is 0 Å². The summed E-state index contributed by atoms with van der Waals surface area (Å²) in [6.07, 6.45) is 0.741. The number of H-pyrrole nitrogens is 1. The number of nitrogens with one attached hydrogen (secondary N) is 2. The molecule has 0 atom stereocenters. The van der Waals surface area contributed by atoms with Crippen molar-refractivity contribution >= 4 is 39.7 Å². The van der Waals surface area contributed by atoms with Crippen molar-refractivity contribution < 1.29 is 9.13 Å². The highest BCUT2D eigenvalue weighted by Crippen LogP contribution is 2.26. The number of nitrogens with zero attached hydrogens (tertiary/aromatic N) is 2. The molecule has 0 aliphatic rings. The van der Waals surface area contributed by atoms with Crippen molar-refractivity contribution in [2.75, 3.05) is 5.43 Å². The summed E-state index contributed by atoms with van der Waals surface area (Å²) in [5.41, 5.74) is 4.89. The summed E-state index contributed by atoms with van der Waals surface area (Å²) < 4.78 is 22.3. The highest BCUT2D eigenvalue weighted by Gasteiger charge is 2.09. The maximum atomic E-state index is 13.2. The molecule has 0 aliphatic carbocycles. The highest BCUT2D eigenvalue weighted by atomic mass is 79.9. The lowest BCUT2D eigenvalue weighted by Gasteiger charge is -2.15. The zero-order chi connectivity index (χ0) is 19.4. The molecule has 27 heavy (non-hydrogen) atoms. The van der Waals surface area contributed by atoms with Gasteiger partial charge in [0.05, 0.1) is 11.6 Å². The van der Waals surface area contributed by atoms with Crippen LogP contribution in [0.2, 0.25) is 5.02 Å². The first-order valence-electron chi connectivity index (χ1n) is 8.23. The Balaban J connectivity index is 1.76. The van der Waals surface area contributed by atoms with E-state index in [9.17, 15) is 4.39 Å². The molecule has 3 rings (SSSR count). The molecular weight excluding hydrogens is 455 g/mol. The molecule has 0 bridgehead atoms. The van der Waals surface area contributed by atoms with E-state index in [4.69, 9.17) is 28.6 Å². The molecule has 0 radical (unpaired) electrons. The van der Waals surface area contributed by atoms with E-state index in [0.29, 0.717) is 27.7 Å². The second-order valence-corrected chi connectivity index (χ2v) is 7.45. The Hall–Kier alpha value is -1.90. The Morgan fingerprint density at radius 1 is 1.30 bits per heavy atom. The summed E-state index contributed by atoms with van der Waals surface area (Å²) in [5, 5.41) is 7.29. The van der Waals surface area contributed by atoms with Crippen LogP contribution in [-0.2, 0) is 19.6 Å². The standard InChI is InChI=1S/C18H17BrClFN4OS/c1-2-17-23-24-18(27)25(17)22-9-12-7-13(19)4-6-16(12)26-10-11-3-5-14(21)8-15(11)20/h3-8,22H,2,9-10H2,1H3,(H,24,27). The molecule has 0 saturated heterocycles. The third-order valence-corrected chi connectivity index (χ3v) is 5.03. The maximum Gasteiger partial charge on any atom is 0.214 e. The molecule has 142 valence electrons. The van der Waals surface area contributed by atoms with Crippen molar-refractivity contribution in [2.24, 2.45) is 0 Å². The normalized spacial score (nSPS) is 10.8. The van der Waals surface area contributed by atoms with Gasteiger partial charge in [-0.25, -0.2) is 9.07 Å². The van der Waals surface area contributed by atoms with Gasteiger partial charge in [-0.3, -0.25) is 5.10 Å². The van der Waals surface area contributed by atoms with Gasteiger partial charge in [-0.1, -0.05) is 40.5 Å². The van der Waals surface area contributed by atoms with Crippen LogP contribution in [0.25, 0.3) is 0 Å². The fraction of sp³-hybridized carbons (Fsp3) is 0.222. The van der Waals surface area contributed by atoms with Crippen molar-refractivity contribution in [3.8, 4) is 5.75 Å². The quantitative estimate of drug-likeness (QED) is 0.454. The van der Waals surface area contributed by atoms with Gasteiger partial charge in [0.2, 0.25) is 4.77 Å². The Kier molecular flexibility index (Phi) is 6.51. The van der Waals surface area contributed by atoms with Gasteiger partial charge in [0, 0.05) is 22.0 Å². The monoisotopic (exact) mass is 470 g/mol. The number of halogens is 3. The van der Waals surface area contributed by atoms with Crippen LogP contribution in [0, 0.1) is 10.6 Å². The molecule has 0 spiro atoms. The number of aromatic nitrogens is 3. The Morgan fingerprint density at radius 3 is 2.85 bits per heavy atom. The molecule has 0 aliphatic heterocycles. The zero-order valence-corrected chi connectivity index (χ0v) is 17.6. The van der Waals surface area contributed by atoms with Gasteiger partial charge >= 0.3 is 0 Å². The number of hydrogen-bond donors (Lipinski definition) is 2. The van der Waals surface area contributed by atoms with E-state index in [1.165, 1.54) is 12.1 Å². The third-order valence-electron chi connectivity index (χ3n) is 3.91. The SMILES string of the molecule is CCc1n[nH]c(=S)n1NCc1cc(Br)ccc1OCc1ccc(F)cc1Cl. The van der Waals surface area contributed by atoms with Crippen molar-refractivity contribution in [2.45, 2.75) is 26.5 Å². The number of ether oxygens (including phenoxy) is 1. The number of aromatic amines is 1. The second-order valence-electron chi connectivity index (χ2n) is 5.75. The van der Waals surface area contributed by atoms with Crippen LogP contribution in [0.5, 0.6) is 5.75 Å². The van der Waals surface area contributed by atoms with E-state index in [1.54, 1.807) is 10.7 Å². The molecule has 0 fully saturated rings. The van der Waals surface area contributed by atoms with E-state index < -0.39 is 0 Å². The largest absolute Gasteiger partial charge is 0.488 e. The molecular formula is C18H17BrClFN4OS. The Bertz CT molecular complexity index is 1010. The number of aryl methyl sites for hydroxylation is 1. The van der Waals surface area contributed by atoms with Crippen LogP contribution in [0.15, 0.2) is 40.9 Å². The smallest absolute Gasteiger partial charge is 0.214 e. The van der Waals surface area contributed by atoms with Gasteiger partial charge in [-0.05, 0) is 42.5 Å². The summed E-state index contributed by atoms with van der Waals surface area (Å²) in [7, 11) is 0. The summed E-state index contributed by atoms with van der Waals surface area (Å²) >= 11 is 14.8. The fourth-order valence-corrected chi connectivity index (χ4v) is 3.36. The minimum atomic E-state index is -0.374. The molecule has 0 amide bonds. The van der Waals surface area contributed by atoms with E-state index in [-0.39, 0.29) is 12.4 Å². The summed E-state index contributed by atoms with van der Waals surface area (Å²) in [4.78, 5) is 0. The average Bonchev–Trinajstić information content (AvgIpc) is 3.00. The first kappa shape index (κ1) is 19.9. The highest BCUT2D eigenvalue weighted by molar-refractivity contribution is 9.10. The first-order valence-corrected chi connectivity index (χ1v) is 9.81. The third kappa shape index (κ3) is 4.88. The molecule has 0 unspecified atom stereocenters. The molecule has 0 saturated carbocycles. The van der Waals surface area contributed by atoms with E-state index in [2.05, 4.69) is 31.6 Å². The number of benzene rings is 2. The molecule has 9 heteroatoms. The molecule has 5 nitrogen and oxygen atoms in total. The number of hydrogen-bond acceptors (Lipinski definition) is 4. The fourth-order valence-electron chi connectivity index (χ4n) is 2.52. The van der Waals surface area contributed by atoms with Crippen LogP contribution in [0.3, 0.4) is 0 Å². The average molecular weight is 472 g/mol. The van der Waals surface area contributed by atoms with E-state index in [1.807, 2.05) is 25.1 Å². The van der Waals surface area contributed by atoms with Crippen LogP contribution in [-0.4, -0.2) is 14.9 Å². The van der Waals surface area contributed by atoms with Crippen LogP contribution >= 0.6 is 39.7 Å². The van der Waals surface area contributed by atoms with Gasteiger partial charge in [0.25, 0.3) is 0 Å². The minimum Gasteiger partial charge on any atom is -0.488 e. The summed E-state index contributed by atoms with van der Waals surface area (Å²) in [6.45, 7) is 2.72. The van der Waals surface area contributed by atoms with Crippen LogP contribution in [0.4, 0.5) is 4.39 Å². The van der Waals surface area contributed by atoms with Crippen LogP contribution < -0.4 is 10.2 Å². The maximum absolute atomic E-state index is 13.2. The Morgan fingerprint density at radius 2 is 2.11 bits per heavy atom. The predicted molar refractivity (Wildman–Crippen MR) is 110 cm³/mol. The lowest BCUT2D eigenvalue weighted by atomic mass is 10.2. The molecule has 3 aromatic rings. The Labute approximate surface area is 174 Å². The lowest BCUT2D eigenvalue weighted by Crippen LogP contribution is -2.18. The van der Waals surface area contributed by atoms with Gasteiger partial charge in [-0.2, -0.15) is 5.10 Å². The van der Waals surface area contributed by atoms with Crippen LogP contribution in [0.1, 0.15) is 23.9 Å². The van der Waals surface area contributed by atoms with Gasteiger partial charge in [0.1, 0.15) is 18.2 Å². The second kappa shape index (κ2) is 8.86. The van der Waals surface area contributed by atoms with Crippen molar-refractivity contribution in [3.05, 3.63) is 73.4 Å². The molecule has 2 aromatic carbocycles. The van der Waals surface area contributed by atoms with Gasteiger partial charge in [-0.15, -0.1) is 0 Å². The topological polar surface area (TPSA) is 54.9 Å². The predicted octanol–water partition coefficient (Wildman–Crippen LogP) is 5.38. The zero-order valence-electron chi connectivity index (χ0n) is 14.4. The molecule has 2 N–H and O–H groups in total. The molecule has 1 heterocycles. The summed E-state index contributed by atoms with van der Waals surface area (Å²) in [5.74, 6) is 1.13. The van der Waals surface area contributed by atoms with Gasteiger partial charge < -0.3 is 10.2 Å². The molecule has 1 aromatic heterocycles. The minimum absolute atomic E-state index is 0.235.